The Balaban J connectivity index is 0.00000208. The van der Waals surface area contributed by atoms with Crippen molar-refractivity contribution in [2.75, 3.05) is 40.5 Å². The van der Waals surface area contributed by atoms with Gasteiger partial charge in [-0.25, -0.2) is 0 Å². The van der Waals surface area contributed by atoms with Crippen molar-refractivity contribution in [1.82, 2.24) is 10.2 Å². The van der Waals surface area contributed by atoms with Crippen LogP contribution in [0.25, 0.3) is 0 Å². The van der Waals surface area contributed by atoms with Gasteiger partial charge in [0.05, 0.1) is 12.7 Å². The van der Waals surface area contributed by atoms with Gasteiger partial charge in [0.2, 0.25) is 0 Å². The van der Waals surface area contributed by atoms with Gasteiger partial charge >= 0.3 is 0 Å². The van der Waals surface area contributed by atoms with E-state index in [4.69, 9.17) is 9.47 Å². The summed E-state index contributed by atoms with van der Waals surface area (Å²) >= 11 is 0. The van der Waals surface area contributed by atoms with E-state index < -0.39 is 0 Å². The summed E-state index contributed by atoms with van der Waals surface area (Å²) in [6, 6.07) is 0.515. The van der Waals surface area contributed by atoms with Crippen molar-refractivity contribution in [1.29, 1.82) is 0 Å². The smallest absolute Gasteiger partial charge is 0.193 e. The first-order valence-corrected chi connectivity index (χ1v) is 9.33. The number of aliphatic imine (C=N–C) groups is 1. The fraction of sp³-hybridized carbons (Fsp3) is 0.944. The Bertz CT molecular complexity index is 424. The van der Waals surface area contributed by atoms with Crippen molar-refractivity contribution >= 4 is 29.9 Å². The van der Waals surface area contributed by atoms with Crippen molar-refractivity contribution in [2.45, 2.75) is 57.6 Å². The van der Waals surface area contributed by atoms with Crippen LogP contribution in [-0.4, -0.2) is 63.5 Å². The highest BCUT2D eigenvalue weighted by Gasteiger charge is 2.59. The van der Waals surface area contributed by atoms with E-state index in [0.29, 0.717) is 17.6 Å². The highest BCUT2D eigenvalue weighted by atomic mass is 127. The molecule has 0 aromatic rings. The fourth-order valence-corrected chi connectivity index (χ4v) is 3.98. The zero-order chi connectivity index (χ0) is 16.3. The first-order valence-electron chi connectivity index (χ1n) is 9.33. The Hall–Kier alpha value is -0.0800. The maximum atomic E-state index is 5.94. The lowest BCUT2D eigenvalue weighted by Gasteiger charge is -2.61. The fourth-order valence-electron chi connectivity index (χ4n) is 3.98. The van der Waals surface area contributed by atoms with E-state index in [-0.39, 0.29) is 24.0 Å². The first kappa shape index (κ1) is 20.2. The van der Waals surface area contributed by atoms with Gasteiger partial charge in [0.25, 0.3) is 0 Å². The second-order valence-corrected chi connectivity index (χ2v) is 7.45. The molecular formula is C18H34IN3O2. The molecule has 0 aromatic carbocycles. The third-order valence-corrected chi connectivity index (χ3v) is 5.94. The number of rotatable bonds is 8. The SMILES string of the molecule is CCOC1CC(NC(=NC)N(C)CCOCC2CC2)C12CCC2.I. The molecule has 2 atom stereocenters. The molecule has 5 nitrogen and oxygen atoms in total. The Morgan fingerprint density at radius 1 is 1.33 bits per heavy atom. The van der Waals surface area contributed by atoms with Gasteiger partial charge in [-0.15, -0.1) is 24.0 Å². The van der Waals surface area contributed by atoms with Crippen LogP contribution in [0.3, 0.4) is 0 Å². The zero-order valence-corrected chi connectivity index (χ0v) is 17.8. The third-order valence-electron chi connectivity index (χ3n) is 5.94. The lowest BCUT2D eigenvalue weighted by Crippen LogP contribution is -2.68. The molecule has 0 aliphatic heterocycles. The lowest BCUT2D eigenvalue weighted by atomic mass is 9.51. The molecule has 3 saturated carbocycles. The zero-order valence-electron chi connectivity index (χ0n) is 15.4. The van der Waals surface area contributed by atoms with Crippen LogP contribution in [0.2, 0.25) is 0 Å². The van der Waals surface area contributed by atoms with Crippen LogP contribution < -0.4 is 5.32 Å². The summed E-state index contributed by atoms with van der Waals surface area (Å²) in [5.74, 6) is 1.83. The Morgan fingerprint density at radius 2 is 2.08 bits per heavy atom. The second kappa shape index (κ2) is 9.03. The van der Waals surface area contributed by atoms with Gasteiger partial charge in [-0.05, 0) is 44.9 Å². The molecule has 1 N–H and O–H groups in total. The van der Waals surface area contributed by atoms with Crippen molar-refractivity contribution in [3.63, 3.8) is 0 Å². The standard InChI is InChI=1S/C18H33N3O2.HI/c1-4-23-16-12-15(18(16)8-5-9-18)20-17(19-2)21(3)10-11-22-13-14-6-7-14;/h14-16H,4-13H2,1-3H3,(H,19,20);1H. The van der Waals surface area contributed by atoms with Crippen LogP contribution in [0.1, 0.15) is 45.4 Å². The van der Waals surface area contributed by atoms with E-state index in [1.54, 1.807) is 0 Å². The molecule has 1 spiro atoms. The van der Waals surface area contributed by atoms with Crippen molar-refractivity contribution in [3.8, 4) is 0 Å². The van der Waals surface area contributed by atoms with E-state index in [2.05, 4.69) is 29.2 Å². The average molecular weight is 451 g/mol. The summed E-state index contributed by atoms with van der Waals surface area (Å²) in [6.45, 7) is 5.53. The topological polar surface area (TPSA) is 46.1 Å². The van der Waals surface area contributed by atoms with Gasteiger partial charge in [-0.1, -0.05) is 6.42 Å². The minimum absolute atomic E-state index is 0. The molecule has 24 heavy (non-hydrogen) atoms. The minimum Gasteiger partial charge on any atom is -0.379 e. The van der Waals surface area contributed by atoms with Crippen LogP contribution in [-0.2, 0) is 9.47 Å². The van der Waals surface area contributed by atoms with Gasteiger partial charge in [-0.2, -0.15) is 0 Å². The molecule has 0 heterocycles. The quantitative estimate of drug-likeness (QED) is 0.267. The predicted octanol–water partition coefficient (Wildman–Crippen LogP) is 2.89. The lowest BCUT2D eigenvalue weighted by molar-refractivity contribution is -0.168. The number of hydrogen-bond donors (Lipinski definition) is 1. The average Bonchev–Trinajstić information content (AvgIpc) is 3.29. The van der Waals surface area contributed by atoms with Crippen LogP contribution >= 0.6 is 24.0 Å². The second-order valence-electron chi connectivity index (χ2n) is 7.45. The Morgan fingerprint density at radius 3 is 2.62 bits per heavy atom. The molecule has 3 rings (SSSR count). The normalized spacial score (nSPS) is 27.9. The van der Waals surface area contributed by atoms with Crippen LogP contribution in [0.15, 0.2) is 4.99 Å². The molecule has 0 saturated heterocycles. The molecule has 0 radical (unpaired) electrons. The van der Waals surface area contributed by atoms with Crippen molar-refractivity contribution in [3.05, 3.63) is 0 Å². The number of nitrogens with one attached hydrogen (secondary N) is 1. The molecule has 0 aromatic heterocycles. The van der Waals surface area contributed by atoms with Crippen LogP contribution in [0, 0.1) is 11.3 Å². The van der Waals surface area contributed by atoms with E-state index in [0.717, 1.165) is 44.7 Å². The van der Waals surface area contributed by atoms with Gasteiger partial charge in [-0.3, -0.25) is 4.99 Å². The summed E-state index contributed by atoms with van der Waals surface area (Å²) in [7, 11) is 3.97. The number of ether oxygens (including phenoxy) is 2. The van der Waals surface area contributed by atoms with Crippen LogP contribution in [0.4, 0.5) is 0 Å². The molecule has 3 fully saturated rings. The van der Waals surface area contributed by atoms with E-state index in [1.807, 2.05) is 7.05 Å². The molecule has 3 aliphatic carbocycles. The number of nitrogens with zero attached hydrogens (tertiary/aromatic N) is 2. The molecule has 0 amide bonds. The summed E-state index contributed by atoms with van der Waals surface area (Å²) in [5, 5.41) is 3.69. The number of halogens is 1. The molecule has 3 aliphatic rings. The van der Waals surface area contributed by atoms with Gasteiger partial charge in [0, 0.05) is 45.3 Å². The third kappa shape index (κ3) is 4.36. The minimum atomic E-state index is 0. The van der Waals surface area contributed by atoms with E-state index in [9.17, 15) is 0 Å². The predicted molar refractivity (Wildman–Crippen MR) is 108 cm³/mol. The Labute approximate surface area is 164 Å². The van der Waals surface area contributed by atoms with Crippen molar-refractivity contribution in [2.24, 2.45) is 16.3 Å². The summed E-state index contributed by atoms with van der Waals surface area (Å²) in [5.41, 5.74) is 0.370. The largest absolute Gasteiger partial charge is 0.379 e. The van der Waals surface area contributed by atoms with E-state index >= 15 is 0 Å². The summed E-state index contributed by atoms with van der Waals surface area (Å²) in [4.78, 5) is 6.65. The molecule has 140 valence electrons. The first-order chi connectivity index (χ1) is 11.2. The number of hydrogen-bond acceptors (Lipinski definition) is 3. The number of likely N-dealkylation sites (N-methyl/N-ethyl adjacent to an activating group) is 1. The molecule has 6 heteroatoms. The Kier molecular flexibility index (Phi) is 7.61. The van der Waals surface area contributed by atoms with Gasteiger partial charge in [0.15, 0.2) is 5.96 Å². The monoisotopic (exact) mass is 451 g/mol. The maximum Gasteiger partial charge on any atom is 0.193 e. The molecule has 2 unspecified atom stereocenters. The van der Waals surface area contributed by atoms with Gasteiger partial charge < -0.3 is 19.7 Å². The highest BCUT2D eigenvalue weighted by molar-refractivity contribution is 14.0. The van der Waals surface area contributed by atoms with Gasteiger partial charge in [0.1, 0.15) is 0 Å². The van der Waals surface area contributed by atoms with Crippen molar-refractivity contribution < 1.29 is 9.47 Å². The maximum absolute atomic E-state index is 5.94. The summed E-state index contributed by atoms with van der Waals surface area (Å²) < 4.78 is 11.7. The van der Waals surface area contributed by atoms with Crippen LogP contribution in [0.5, 0.6) is 0 Å². The highest BCUT2D eigenvalue weighted by Crippen LogP contribution is 2.57. The molecule has 0 bridgehead atoms. The van der Waals surface area contributed by atoms with E-state index in [1.165, 1.54) is 32.1 Å². The summed E-state index contributed by atoms with van der Waals surface area (Å²) in [6.07, 6.45) is 8.18. The molecular weight excluding hydrogens is 417 g/mol. The number of guanidine groups is 1.